The Morgan fingerprint density at radius 2 is 2.08 bits per heavy atom. The maximum atomic E-state index is 12.4. The molecule has 24 heavy (non-hydrogen) atoms. The highest BCUT2D eigenvalue weighted by Gasteiger charge is 2.17. The first-order chi connectivity index (χ1) is 11.5. The summed E-state index contributed by atoms with van der Waals surface area (Å²) in [6, 6.07) is 7.52. The zero-order valence-corrected chi connectivity index (χ0v) is 14.2. The van der Waals surface area contributed by atoms with Gasteiger partial charge in [-0.1, -0.05) is 23.7 Å². The number of imidazole rings is 1. The van der Waals surface area contributed by atoms with Gasteiger partial charge < -0.3 is 9.88 Å². The van der Waals surface area contributed by atoms with E-state index in [9.17, 15) is 4.79 Å². The Kier molecular flexibility index (Phi) is 4.66. The number of amides is 1. The molecule has 6 nitrogen and oxygen atoms in total. The molecule has 0 spiro atoms. The van der Waals surface area contributed by atoms with Gasteiger partial charge in [-0.3, -0.25) is 9.48 Å². The minimum Gasteiger partial charge on any atom is -0.349 e. The van der Waals surface area contributed by atoms with E-state index >= 15 is 0 Å². The van der Waals surface area contributed by atoms with E-state index in [-0.39, 0.29) is 11.9 Å². The lowest BCUT2D eigenvalue weighted by atomic mass is 10.1. The second kappa shape index (κ2) is 6.88. The summed E-state index contributed by atoms with van der Waals surface area (Å²) in [5.74, 6) is -0.139. The van der Waals surface area contributed by atoms with Crippen LogP contribution in [0.4, 0.5) is 0 Å². The minimum atomic E-state index is -0.139. The van der Waals surface area contributed by atoms with Gasteiger partial charge in [-0.15, -0.1) is 0 Å². The smallest absolute Gasteiger partial charge is 0.254 e. The Bertz CT molecular complexity index is 823. The summed E-state index contributed by atoms with van der Waals surface area (Å²) < 4.78 is 3.59. The summed E-state index contributed by atoms with van der Waals surface area (Å²) in [5, 5.41) is 7.86. The maximum absolute atomic E-state index is 12.4. The Hall–Kier alpha value is -2.60. The van der Waals surface area contributed by atoms with Gasteiger partial charge in [-0.25, -0.2) is 4.98 Å². The molecule has 1 atom stereocenters. The summed E-state index contributed by atoms with van der Waals surface area (Å²) in [5.41, 5.74) is 2.33. The molecule has 1 N–H and O–H groups in total. The van der Waals surface area contributed by atoms with Gasteiger partial charge in [0.05, 0.1) is 23.6 Å². The molecule has 3 aromatic rings. The van der Waals surface area contributed by atoms with Crippen LogP contribution in [0.3, 0.4) is 0 Å². The third-order valence-corrected chi connectivity index (χ3v) is 4.11. The van der Waals surface area contributed by atoms with Crippen molar-refractivity contribution >= 4 is 17.5 Å². The van der Waals surface area contributed by atoms with Crippen LogP contribution in [0.15, 0.2) is 49.2 Å². The van der Waals surface area contributed by atoms with E-state index in [1.165, 1.54) is 0 Å². The summed E-state index contributed by atoms with van der Waals surface area (Å²) in [4.78, 5) is 16.5. The summed E-state index contributed by atoms with van der Waals surface area (Å²) in [7, 11) is 1.80. The summed E-state index contributed by atoms with van der Waals surface area (Å²) in [6.45, 7) is 2.26. The molecule has 0 radical (unpaired) electrons. The molecular formula is C17H18ClN5O. The molecule has 0 aliphatic rings. The van der Waals surface area contributed by atoms with E-state index in [0.29, 0.717) is 22.8 Å². The van der Waals surface area contributed by atoms with Crippen LogP contribution < -0.4 is 5.32 Å². The number of nitrogens with zero attached hydrogens (tertiary/aromatic N) is 4. The van der Waals surface area contributed by atoms with Gasteiger partial charge in [0.25, 0.3) is 5.91 Å². The maximum Gasteiger partial charge on any atom is 0.254 e. The van der Waals surface area contributed by atoms with E-state index in [1.54, 1.807) is 30.5 Å². The van der Waals surface area contributed by atoms with Crippen LogP contribution in [0, 0.1) is 6.92 Å². The average Bonchev–Trinajstić information content (AvgIpc) is 3.19. The fraction of sp³-hybridized carbons (Fsp3) is 0.235. The van der Waals surface area contributed by atoms with Crippen molar-refractivity contribution in [1.29, 1.82) is 0 Å². The molecular weight excluding hydrogens is 326 g/mol. The molecule has 0 saturated heterocycles. The quantitative estimate of drug-likeness (QED) is 0.774. The van der Waals surface area contributed by atoms with Gasteiger partial charge in [0.1, 0.15) is 0 Å². The summed E-state index contributed by atoms with van der Waals surface area (Å²) >= 11 is 5.97. The second-order valence-electron chi connectivity index (χ2n) is 5.59. The van der Waals surface area contributed by atoms with Crippen molar-refractivity contribution in [3.8, 4) is 0 Å². The Labute approximate surface area is 145 Å². The average molecular weight is 344 g/mol. The van der Waals surface area contributed by atoms with Crippen LogP contribution in [0.25, 0.3) is 0 Å². The number of halogens is 1. The number of carbonyl (C=O) groups excluding carboxylic acids is 1. The number of hydrogen-bond acceptors (Lipinski definition) is 3. The van der Waals surface area contributed by atoms with Gasteiger partial charge >= 0.3 is 0 Å². The second-order valence-corrected chi connectivity index (χ2v) is 6.03. The Balaban J connectivity index is 1.79. The molecule has 0 bridgehead atoms. The molecule has 124 valence electrons. The van der Waals surface area contributed by atoms with Gasteiger partial charge in [0, 0.05) is 37.2 Å². The third kappa shape index (κ3) is 3.49. The first kappa shape index (κ1) is 16.3. The predicted molar refractivity (Wildman–Crippen MR) is 92.1 cm³/mol. The lowest BCUT2D eigenvalue weighted by Crippen LogP contribution is -2.31. The molecule has 0 aliphatic carbocycles. The van der Waals surface area contributed by atoms with Crippen LogP contribution in [0.1, 0.15) is 27.7 Å². The normalized spacial score (nSPS) is 12.1. The van der Waals surface area contributed by atoms with E-state index in [0.717, 1.165) is 5.56 Å². The first-order valence-electron chi connectivity index (χ1n) is 7.56. The number of carbonyl (C=O) groups is 1. The monoisotopic (exact) mass is 343 g/mol. The molecule has 1 unspecified atom stereocenters. The molecule has 7 heteroatoms. The standard InChI is InChI=1S/C17H18ClN5O/c1-12-15(10-22(2)21-12)17(24)20-9-16(23-8-7-19-11-23)13-3-5-14(18)6-4-13/h3-8,10-11,16H,9H2,1-2H3,(H,20,24). The molecule has 0 fully saturated rings. The molecule has 3 rings (SSSR count). The van der Waals surface area contributed by atoms with Crippen molar-refractivity contribution < 1.29 is 4.79 Å². The number of hydrogen-bond donors (Lipinski definition) is 1. The fourth-order valence-electron chi connectivity index (χ4n) is 2.64. The number of aromatic nitrogens is 4. The van der Waals surface area contributed by atoms with Crippen molar-refractivity contribution in [3.63, 3.8) is 0 Å². The van der Waals surface area contributed by atoms with Crippen molar-refractivity contribution in [2.24, 2.45) is 7.05 Å². The lowest BCUT2D eigenvalue weighted by molar-refractivity contribution is 0.0949. The van der Waals surface area contributed by atoms with Crippen molar-refractivity contribution in [1.82, 2.24) is 24.6 Å². The first-order valence-corrected chi connectivity index (χ1v) is 7.93. The Morgan fingerprint density at radius 1 is 1.33 bits per heavy atom. The molecule has 2 heterocycles. The van der Waals surface area contributed by atoms with E-state index in [2.05, 4.69) is 15.4 Å². The zero-order valence-electron chi connectivity index (χ0n) is 13.5. The topological polar surface area (TPSA) is 64.7 Å². The van der Waals surface area contributed by atoms with Crippen molar-refractivity contribution in [3.05, 3.63) is 71.0 Å². The highest BCUT2D eigenvalue weighted by molar-refractivity contribution is 6.30. The summed E-state index contributed by atoms with van der Waals surface area (Å²) in [6.07, 6.45) is 7.05. The van der Waals surface area contributed by atoms with Crippen molar-refractivity contribution in [2.45, 2.75) is 13.0 Å². The minimum absolute atomic E-state index is 0.0642. The fourth-order valence-corrected chi connectivity index (χ4v) is 2.77. The van der Waals surface area contributed by atoms with Crippen LogP contribution in [0.2, 0.25) is 5.02 Å². The van der Waals surface area contributed by atoms with Gasteiger partial charge in [-0.2, -0.15) is 5.10 Å². The predicted octanol–water partition coefficient (Wildman–Crippen LogP) is 2.60. The highest BCUT2D eigenvalue weighted by Crippen LogP contribution is 2.20. The van der Waals surface area contributed by atoms with Crippen LogP contribution in [-0.4, -0.2) is 31.8 Å². The van der Waals surface area contributed by atoms with Gasteiger partial charge in [-0.05, 0) is 24.6 Å². The zero-order chi connectivity index (χ0) is 17.1. The molecule has 0 saturated carbocycles. The molecule has 0 aliphatic heterocycles. The number of benzene rings is 1. The van der Waals surface area contributed by atoms with E-state index in [4.69, 9.17) is 11.6 Å². The molecule has 2 aromatic heterocycles. The van der Waals surface area contributed by atoms with E-state index in [1.807, 2.05) is 42.0 Å². The SMILES string of the molecule is Cc1nn(C)cc1C(=O)NCC(c1ccc(Cl)cc1)n1ccnc1. The number of rotatable bonds is 5. The largest absolute Gasteiger partial charge is 0.349 e. The van der Waals surface area contributed by atoms with E-state index < -0.39 is 0 Å². The molecule has 1 aromatic carbocycles. The molecule has 1 amide bonds. The third-order valence-electron chi connectivity index (χ3n) is 3.85. The highest BCUT2D eigenvalue weighted by atomic mass is 35.5. The Morgan fingerprint density at radius 3 is 2.67 bits per heavy atom. The van der Waals surface area contributed by atoms with Crippen LogP contribution in [-0.2, 0) is 7.05 Å². The van der Waals surface area contributed by atoms with Crippen molar-refractivity contribution in [2.75, 3.05) is 6.54 Å². The number of aryl methyl sites for hydroxylation is 2. The number of nitrogens with one attached hydrogen (secondary N) is 1. The van der Waals surface area contributed by atoms with Crippen LogP contribution in [0.5, 0.6) is 0 Å². The lowest BCUT2D eigenvalue weighted by Gasteiger charge is -2.19. The van der Waals surface area contributed by atoms with Gasteiger partial charge in [0.2, 0.25) is 0 Å². The van der Waals surface area contributed by atoms with Gasteiger partial charge in [0.15, 0.2) is 0 Å². The van der Waals surface area contributed by atoms with Crippen LogP contribution >= 0.6 is 11.6 Å².